The molecular formula is C26H21N7. The Morgan fingerprint density at radius 3 is 2.58 bits per heavy atom. The molecule has 7 nitrogen and oxygen atoms in total. The number of nitrogens with zero attached hydrogens (tertiary/aromatic N) is 3. The maximum absolute atomic E-state index is 6.01. The van der Waals surface area contributed by atoms with E-state index in [4.69, 9.17) is 5.73 Å². The van der Waals surface area contributed by atoms with Crippen molar-refractivity contribution in [2.24, 2.45) is 0 Å². The maximum atomic E-state index is 6.01. The van der Waals surface area contributed by atoms with Crippen molar-refractivity contribution in [3.8, 4) is 22.4 Å². The smallest absolute Gasteiger partial charge is 0.153 e. The number of nitrogens with two attached hydrogens (primary N) is 1. The molecule has 2 aromatic carbocycles. The summed E-state index contributed by atoms with van der Waals surface area (Å²) in [5.41, 5.74) is 13.1. The average molecular weight is 432 g/mol. The first-order valence-corrected chi connectivity index (χ1v) is 10.7. The Morgan fingerprint density at radius 2 is 1.73 bits per heavy atom. The number of aromatic amines is 2. The van der Waals surface area contributed by atoms with Crippen molar-refractivity contribution < 1.29 is 0 Å². The topological polar surface area (TPSA) is 108 Å². The minimum Gasteiger partial charge on any atom is -0.382 e. The maximum Gasteiger partial charge on any atom is 0.153 e. The number of benzene rings is 2. The highest BCUT2D eigenvalue weighted by molar-refractivity contribution is 5.99. The summed E-state index contributed by atoms with van der Waals surface area (Å²) in [5.74, 6) is 1.34. The van der Waals surface area contributed by atoms with E-state index in [1.54, 1.807) is 0 Å². The number of rotatable bonds is 5. The third kappa shape index (κ3) is 3.55. The van der Waals surface area contributed by atoms with Gasteiger partial charge in [-0.15, -0.1) is 0 Å². The van der Waals surface area contributed by atoms with Gasteiger partial charge in [-0.3, -0.25) is 5.10 Å². The molecule has 6 rings (SSSR count). The second kappa shape index (κ2) is 7.80. The molecule has 0 spiro atoms. The molecule has 5 N–H and O–H groups in total. The van der Waals surface area contributed by atoms with Gasteiger partial charge < -0.3 is 16.0 Å². The number of anilines is 2. The summed E-state index contributed by atoms with van der Waals surface area (Å²) < 4.78 is 0. The summed E-state index contributed by atoms with van der Waals surface area (Å²) in [6, 6.07) is 24.6. The van der Waals surface area contributed by atoms with Gasteiger partial charge >= 0.3 is 0 Å². The fourth-order valence-corrected chi connectivity index (χ4v) is 4.08. The van der Waals surface area contributed by atoms with E-state index in [0.717, 1.165) is 56.7 Å². The molecular weight excluding hydrogens is 410 g/mol. The van der Waals surface area contributed by atoms with E-state index in [-0.39, 0.29) is 0 Å². The summed E-state index contributed by atoms with van der Waals surface area (Å²) in [6.07, 6.45) is 3.69. The molecule has 0 unspecified atom stereocenters. The van der Waals surface area contributed by atoms with Crippen LogP contribution in [-0.4, -0.2) is 25.1 Å². The van der Waals surface area contributed by atoms with E-state index >= 15 is 0 Å². The van der Waals surface area contributed by atoms with Gasteiger partial charge in [0.2, 0.25) is 0 Å². The number of pyridine rings is 2. The average Bonchev–Trinajstić information content (AvgIpc) is 3.47. The van der Waals surface area contributed by atoms with Crippen LogP contribution in [0.15, 0.2) is 85.2 Å². The van der Waals surface area contributed by atoms with Crippen LogP contribution in [0.3, 0.4) is 0 Å². The second-order valence-electron chi connectivity index (χ2n) is 7.94. The molecule has 0 fully saturated rings. The fourth-order valence-electron chi connectivity index (χ4n) is 4.08. The van der Waals surface area contributed by atoms with Crippen molar-refractivity contribution in [2.75, 3.05) is 11.1 Å². The number of aromatic nitrogens is 5. The predicted octanol–water partition coefficient (Wildman–Crippen LogP) is 5.36. The zero-order valence-corrected chi connectivity index (χ0v) is 17.7. The molecule has 4 heterocycles. The first-order chi connectivity index (χ1) is 16.2. The van der Waals surface area contributed by atoms with Crippen LogP contribution in [0, 0.1) is 0 Å². The molecule has 7 heteroatoms. The summed E-state index contributed by atoms with van der Waals surface area (Å²) >= 11 is 0. The summed E-state index contributed by atoms with van der Waals surface area (Å²) in [7, 11) is 0. The highest BCUT2D eigenvalue weighted by atomic mass is 15.1. The lowest BCUT2D eigenvalue weighted by Crippen LogP contribution is -2.00. The number of hydrogen-bond acceptors (Lipinski definition) is 5. The Balaban J connectivity index is 1.30. The quantitative estimate of drug-likeness (QED) is 0.294. The van der Waals surface area contributed by atoms with E-state index < -0.39 is 0 Å². The molecule has 0 aliphatic heterocycles. The molecule has 0 saturated carbocycles. The van der Waals surface area contributed by atoms with Gasteiger partial charge in [-0.05, 0) is 53.1 Å². The van der Waals surface area contributed by atoms with Crippen LogP contribution in [0.1, 0.15) is 5.56 Å². The van der Waals surface area contributed by atoms with Gasteiger partial charge in [0, 0.05) is 41.0 Å². The Morgan fingerprint density at radius 1 is 0.848 bits per heavy atom. The van der Waals surface area contributed by atoms with Crippen LogP contribution in [-0.2, 0) is 6.54 Å². The lowest BCUT2D eigenvalue weighted by atomic mass is 10.0. The van der Waals surface area contributed by atoms with Gasteiger partial charge in [-0.2, -0.15) is 5.10 Å². The molecule has 0 saturated heterocycles. The minimum absolute atomic E-state index is 0.499. The Labute approximate surface area is 189 Å². The summed E-state index contributed by atoms with van der Waals surface area (Å²) in [4.78, 5) is 12.5. The molecule has 0 bridgehead atoms. The number of fused-ring (bicyclic) bond motifs is 2. The molecule has 0 atom stereocenters. The van der Waals surface area contributed by atoms with Crippen molar-refractivity contribution in [3.63, 3.8) is 0 Å². The van der Waals surface area contributed by atoms with Crippen LogP contribution in [0.5, 0.6) is 0 Å². The van der Waals surface area contributed by atoms with Crippen LogP contribution >= 0.6 is 0 Å². The van der Waals surface area contributed by atoms with E-state index in [1.165, 1.54) is 5.56 Å². The summed E-state index contributed by atoms with van der Waals surface area (Å²) in [5, 5.41) is 12.4. The monoisotopic (exact) mass is 431 g/mol. The number of H-pyrrole nitrogens is 2. The van der Waals surface area contributed by atoms with Crippen molar-refractivity contribution in [3.05, 3.63) is 90.8 Å². The predicted molar refractivity (Wildman–Crippen MR) is 133 cm³/mol. The molecule has 0 amide bonds. The molecule has 4 aromatic heterocycles. The van der Waals surface area contributed by atoms with E-state index in [2.05, 4.69) is 66.9 Å². The van der Waals surface area contributed by atoms with Crippen LogP contribution < -0.4 is 11.1 Å². The summed E-state index contributed by atoms with van der Waals surface area (Å²) in [6.45, 7) is 0.734. The second-order valence-corrected chi connectivity index (χ2v) is 7.94. The van der Waals surface area contributed by atoms with Crippen molar-refractivity contribution >= 4 is 33.6 Å². The SMILES string of the molecule is Nc1n[nH]c2ccc(-c3ccnc4[nH]c(-c5ccc(NCc6ccccc6)nc5)cc34)cc12. The third-order valence-corrected chi connectivity index (χ3v) is 5.83. The van der Waals surface area contributed by atoms with Gasteiger partial charge in [-0.25, -0.2) is 9.97 Å². The molecule has 6 aromatic rings. The molecule has 160 valence electrons. The zero-order chi connectivity index (χ0) is 22.2. The number of hydrogen-bond donors (Lipinski definition) is 4. The molecule has 0 aliphatic carbocycles. The third-order valence-electron chi connectivity index (χ3n) is 5.83. The lowest BCUT2D eigenvalue weighted by molar-refractivity contribution is 1.11. The van der Waals surface area contributed by atoms with Crippen molar-refractivity contribution in [2.45, 2.75) is 6.54 Å². The Kier molecular flexibility index (Phi) is 4.51. The Hall–Kier alpha value is -4.65. The first kappa shape index (κ1) is 19.1. The highest BCUT2D eigenvalue weighted by Gasteiger charge is 2.12. The van der Waals surface area contributed by atoms with Gasteiger partial charge in [0.05, 0.1) is 5.52 Å². The lowest BCUT2D eigenvalue weighted by Gasteiger charge is -2.06. The molecule has 33 heavy (non-hydrogen) atoms. The van der Waals surface area contributed by atoms with Crippen molar-refractivity contribution in [1.82, 2.24) is 25.1 Å². The van der Waals surface area contributed by atoms with Gasteiger partial charge in [-0.1, -0.05) is 36.4 Å². The highest BCUT2D eigenvalue weighted by Crippen LogP contribution is 2.33. The molecule has 0 radical (unpaired) electrons. The Bertz CT molecular complexity index is 1560. The van der Waals surface area contributed by atoms with Gasteiger partial charge in [0.1, 0.15) is 11.5 Å². The minimum atomic E-state index is 0.499. The van der Waals surface area contributed by atoms with Crippen LogP contribution in [0.2, 0.25) is 0 Å². The van der Waals surface area contributed by atoms with Crippen LogP contribution in [0.25, 0.3) is 44.3 Å². The van der Waals surface area contributed by atoms with Gasteiger partial charge in [0.15, 0.2) is 5.82 Å². The fraction of sp³-hybridized carbons (Fsp3) is 0.0385. The van der Waals surface area contributed by atoms with E-state index in [1.807, 2.05) is 48.8 Å². The number of nitrogen functional groups attached to an aromatic ring is 1. The number of nitrogens with one attached hydrogen (secondary N) is 3. The molecule has 0 aliphatic rings. The largest absolute Gasteiger partial charge is 0.382 e. The van der Waals surface area contributed by atoms with E-state index in [9.17, 15) is 0 Å². The normalized spacial score (nSPS) is 11.3. The van der Waals surface area contributed by atoms with Crippen molar-refractivity contribution in [1.29, 1.82) is 0 Å². The first-order valence-electron chi connectivity index (χ1n) is 10.7. The zero-order valence-electron chi connectivity index (χ0n) is 17.7. The standard InChI is InChI=1S/C26H21N7/c27-25-21-12-17(6-8-22(21)32-33-25)19-10-11-28-26-20(19)13-23(31-26)18-7-9-24(30-15-18)29-14-16-4-2-1-3-5-16/h1-13,15H,14H2,(H,28,31)(H,29,30)(H3,27,32,33). The van der Waals surface area contributed by atoms with Crippen LogP contribution in [0.4, 0.5) is 11.6 Å². The van der Waals surface area contributed by atoms with Gasteiger partial charge in [0.25, 0.3) is 0 Å². The van der Waals surface area contributed by atoms with E-state index in [0.29, 0.717) is 5.82 Å².